The van der Waals surface area contributed by atoms with Gasteiger partial charge in [0.25, 0.3) is 0 Å². The molecule has 2 atom stereocenters. The van der Waals surface area contributed by atoms with Crippen LogP contribution in [0, 0.1) is 11.8 Å². The van der Waals surface area contributed by atoms with E-state index in [4.69, 9.17) is 5.73 Å². The van der Waals surface area contributed by atoms with Crippen LogP contribution in [-0.4, -0.2) is 6.54 Å². The highest BCUT2D eigenvalue weighted by Crippen LogP contribution is 2.19. The fraction of sp³-hybridized carbons (Fsp3) is 0.571. The van der Waals surface area contributed by atoms with Crippen molar-refractivity contribution in [3.63, 3.8) is 0 Å². The SMILES string of the molecule is CCC(C)CC(CN)Cc1ccc(Br)cc1. The molecule has 1 aromatic carbocycles. The molecule has 0 aliphatic carbocycles. The number of benzene rings is 1. The highest BCUT2D eigenvalue weighted by atomic mass is 79.9. The highest BCUT2D eigenvalue weighted by molar-refractivity contribution is 9.10. The zero-order valence-electron chi connectivity index (χ0n) is 10.2. The summed E-state index contributed by atoms with van der Waals surface area (Å²) in [4.78, 5) is 0. The van der Waals surface area contributed by atoms with Crippen LogP contribution in [0.3, 0.4) is 0 Å². The Kier molecular flexibility index (Phi) is 6.07. The molecule has 0 amide bonds. The summed E-state index contributed by atoms with van der Waals surface area (Å²) in [7, 11) is 0. The van der Waals surface area contributed by atoms with Gasteiger partial charge in [-0.1, -0.05) is 48.3 Å². The molecule has 0 aromatic heterocycles. The molecule has 0 radical (unpaired) electrons. The number of halogens is 1. The molecule has 0 spiro atoms. The van der Waals surface area contributed by atoms with Crippen LogP contribution in [0.1, 0.15) is 32.3 Å². The van der Waals surface area contributed by atoms with Crippen LogP contribution in [0.2, 0.25) is 0 Å². The van der Waals surface area contributed by atoms with Crippen molar-refractivity contribution in [3.8, 4) is 0 Å². The van der Waals surface area contributed by atoms with Gasteiger partial charge in [-0.3, -0.25) is 0 Å². The Hall–Kier alpha value is -0.340. The Balaban J connectivity index is 2.52. The summed E-state index contributed by atoms with van der Waals surface area (Å²) in [5.41, 5.74) is 7.23. The molecule has 0 heterocycles. The molecule has 16 heavy (non-hydrogen) atoms. The molecule has 2 unspecified atom stereocenters. The quantitative estimate of drug-likeness (QED) is 0.839. The van der Waals surface area contributed by atoms with Crippen LogP contribution in [0.4, 0.5) is 0 Å². The molecule has 1 nitrogen and oxygen atoms in total. The minimum absolute atomic E-state index is 0.621. The van der Waals surface area contributed by atoms with Gasteiger partial charge in [-0.05, 0) is 48.9 Å². The van der Waals surface area contributed by atoms with Gasteiger partial charge in [-0.25, -0.2) is 0 Å². The third-order valence-corrected chi connectivity index (χ3v) is 3.73. The first-order valence-corrected chi connectivity index (χ1v) is 6.89. The molecule has 2 heteroatoms. The van der Waals surface area contributed by atoms with Crippen molar-refractivity contribution < 1.29 is 0 Å². The van der Waals surface area contributed by atoms with Gasteiger partial charge in [0.15, 0.2) is 0 Å². The van der Waals surface area contributed by atoms with E-state index in [0.29, 0.717) is 5.92 Å². The van der Waals surface area contributed by atoms with Crippen LogP contribution in [-0.2, 0) is 6.42 Å². The van der Waals surface area contributed by atoms with E-state index in [9.17, 15) is 0 Å². The summed E-state index contributed by atoms with van der Waals surface area (Å²) in [6.07, 6.45) is 3.59. The summed E-state index contributed by atoms with van der Waals surface area (Å²) in [6, 6.07) is 8.57. The van der Waals surface area contributed by atoms with Gasteiger partial charge in [0.05, 0.1) is 0 Å². The molecule has 0 aliphatic rings. The fourth-order valence-electron chi connectivity index (χ4n) is 1.95. The van der Waals surface area contributed by atoms with Crippen LogP contribution >= 0.6 is 15.9 Å². The largest absolute Gasteiger partial charge is 0.330 e. The van der Waals surface area contributed by atoms with E-state index in [1.54, 1.807) is 0 Å². The van der Waals surface area contributed by atoms with Crippen molar-refractivity contribution >= 4 is 15.9 Å². The monoisotopic (exact) mass is 283 g/mol. The minimum Gasteiger partial charge on any atom is -0.330 e. The lowest BCUT2D eigenvalue weighted by atomic mass is 9.89. The molecule has 0 fully saturated rings. The number of hydrogen-bond donors (Lipinski definition) is 1. The van der Waals surface area contributed by atoms with Gasteiger partial charge in [0.2, 0.25) is 0 Å². The standard InChI is InChI=1S/C14H22BrN/c1-3-11(2)8-13(10-16)9-12-4-6-14(15)7-5-12/h4-7,11,13H,3,8-10,16H2,1-2H3. The highest BCUT2D eigenvalue weighted by Gasteiger charge is 2.11. The van der Waals surface area contributed by atoms with E-state index in [1.807, 2.05) is 0 Å². The summed E-state index contributed by atoms with van der Waals surface area (Å²) in [5.74, 6) is 1.40. The zero-order valence-corrected chi connectivity index (χ0v) is 11.8. The van der Waals surface area contributed by atoms with E-state index in [1.165, 1.54) is 18.4 Å². The molecule has 90 valence electrons. The topological polar surface area (TPSA) is 26.0 Å². The maximum Gasteiger partial charge on any atom is 0.0175 e. The normalized spacial score (nSPS) is 14.8. The molecule has 0 saturated carbocycles. The smallest absolute Gasteiger partial charge is 0.0175 e. The molecule has 0 bridgehead atoms. The Bertz CT molecular complexity index is 294. The average Bonchev–Trinajstić information content (AvgIpc) is 2.30. The average molecular weight is 284 g/mol. The van der Waals surface area contributed by atoms with Crippen LogP contribution < -0.4 is 5.73 Å². The summed E-state index contributed by atoms with van der Waals surface area (Å²) < 4.78 is 1.14. The number of hydrogen-bond acceptors (Lipinski definition) is 1. The first-order valence-electron chi connectivity index (χ1n) is 6.10. The summed E-state index contributed by atoms with van der Waals surface area (Å²) in [6.45, 7) is 5.35. The van der Waals surface area contributed by atoms with Crippen LogP contribution in [0.25, 0.3) is 0 Å². The molecule has 2 N–H and O–H groups in total. The molecule has 1 aromatic rings. The van der Waals surface area contributed by atoms with Crippen molar-refractivity contribution in [2.75, 3.05) is 6.54 Å². The predicted octanol–water partition coefficient (Wildman–Crippen LogP) is 4.00. The second-order valence-electron chi connectivity index (χ2n) is 4.68. The maximum atomic E-state index is 5.84. The van der Waals surface area contributed by atoms with Crippen molar-refractivity contribution in [2.45, 2.75) is 33.1 Å². The predicted molar refractivity (Wildman–Crippen MR) is 74.5 cm³/mol. The Morgan fingerprint density at radius 1 is 1.25 bits per heavy atom. The molecular formula is C14H22BrN. The molecule has 0 saturated heterocycles. The van der Waals surface area contributed by atoms with E-state index in [-0.39, 0.29) is 0 Å². The number of nitrogens with two attached hydrogens (primary N) is 1. The minimum atomic E-state index is 0.621. The molecule has 0 aliphatic heterocycles. The Labute approximate surface area is 108 Å². The first-order chi connectivity index (χ1) is 7.65. The maximum absolute atomic E-state index is 5.84. The fourth-order valence-corrected chi connectivity index (χ4v) is 2.22. The summed E-state index contributed by atoms with van der Waals surface area (Å²) in [5, 5.41) is 0. The van der Waals surface area contributed by atoms with Crippen molar-refractivity contribution in [3.05, 3.63) is 34.3 Å². The lowest BCUT2D eigenvalue weighted by Crippen LogP contribution is -2.19. The molecule has 1 rings (SSSR count). The van der Waals surface area contributed by atoms with Gasteiger partial charge in [0.1, 0.15) is 0 Å². The summed E-state index contributed by atoms with van der Waals surface area (Å²) >= 11 is 3.46. The van der Waals surface area contributed by atoms with Crippen molar-refractivity contribution in [2.24, 2.45) is 17.6 Å². The van der Waals surface area contributed by atoms with E-state index >= 15 is 0 Å². The second kappa shape index (κ2) is 7.08. The van der Waals surface area contributed by atoms with Gasteiger partial charge < -0.3 is 5.73 Å². The zero-order chi connectivity index (χ0) is 12.0. The third-order valence-electron chi connectivity index (χ3n) is 3.20. The Morgan fingerprint density at radius 2 is 1.88 bits per heavy atom. The van der Waals surface area contributed by atoms with Crippen LogP contribution in [0.5, 0.6) is 0 Å². The number of rotatable bonds is 6. The van der Waals surface area contributed by atoms with Crippen molar-refractivity contribution in [1.82, 2.24) is 0 Å². The van der Waals surface area contributed by atoms with Gasteiger partial charge in [-0.15, -0.1) is 0 Å². The van der Waals surface area contributed by atoms with Crippen molar-refractivity contribution in [1.29, 1.82) is 0 Å². The van der Waals surface area contributed by atoms with Gasteiger partial charge >= 0.3 is 0 Å². The van der Waals surface area contributed by atoms with E-state index in [2.05, 4.69) is 54.0 Å². The first kappa shape index (κ1) is 13.7. The molecular weight excluding hydrogens is 262 g/mol. The van der Waals surface area contributed by atoms with E-state index < -0.39 is 0 Å². The second-order valence-corrected chi connectivity index (χ2v) is 5.60. The van der Waals surface area contributed by atoms with Gasteiger partial charge in [0, 0.05) is 4.47 Å². The third kappa shape index (κ3) is 4.67. The van der Waals surface area contributed by atoms with Crippen LogP contribution in [0.15, 0.2) is 28.7 Å². The lowest BCUT2D eigenvalue weighted by molar-refractivity contribution is 0.386. The lowest BCUT2D eigenvalue weighted by Gasteiger charge is -2.18. The van der Waals surface area contributed by atoms with Gasteiger partial charge in [-0.2, -0.15) is 0 Å². The Morgan fingerprint density at radius 3 is 2.38 bits per heavy atom. The van der Waals surface area contributed by atoms with E-state index in [0.717, 1.165) is 23.4 Å².